The first-order valence-corrected chi connectivity index (χ1v) is 4.33. The van der Waals surface area contributed by atoms with Crippen LogP contribution in [-0.2, 0) is 26.2 Å². The zero-order valence-electron chi connectivity index (χ0n) is 10.7. The zero-order chi connectivity index (χ0) is 11.0. The fraction of sp³-hybridized carbons (Fsp3) is 0.417. The van der Waals surface area contributed by atoms with Gasteiger partial charge < -0.3 is 30.5 Å². The first kappa shape index (κ1) is 30.0. The van der Waals surface area contributed by atoms with Crippen molar-refractivity contribution in [2.24, 2.45) is 0 Å². The number of nitrogens with one attached hydrogen (secondary N) is 1. The molecule has 0 atom stereocenters. The van der Waals surface area contributed by atoms with Gasteiger partial charge in [0.2, 0.25) is 0 Å². The summed E-state index contributed by atoms with van der Waals surface area (Å²) >= 11 is 0. The number of rotatable bonds is 0. The molecule has 1 aromatic rings. The Kier molecular flexibility index (Phi) is 33.5. The van der Waals surface area contributed by atoms with Crippen LogP contribution in [0.25, 0.3) is 5.73 Å². The average Bonchev–Trinajstić information content (AvgIpc) is 2.40. The summed E-state index contributed by atoms with van der Waals surface area (Å²) in [6.45, 7) is 14.7. The Bertz CT molecular complexity index is 225. The quantitative estimate of drug-likeness (QED) is 0.390. The summed E-state index contributed by atoms with van der Waals surface area (Å²) in [5, 5.41) is 0. The molecular formula is C12H21Cl2NZr. The molecule has 0 aliphatic rings. The molecule has 0 spiro atoms. The van der Waals surface area contributed by atoms with Gasteiger partial charge in [0.15, 0.2) is 0 Å². The second-order valence-corrected chi connectivity index (χ2v) is 2.76. The summed E-state index contributed by atoms with van der Waals surface area (Å²) in [5.74, 6) is 0. The van der Waals surface area contributed by atoms with Crippen molar-refractivity contribution < 1.29 is 51.0 Å². The molecule has 0 aliphatic heterocycles. The molecule has 16 heavy (non-hydrogen) atoms. The molecule has 0 unspecified atom stereocenters. The molecule has 0 heterocycles. The van der Waals surface area contributed by atoms with E-state index in [0.717, 1.165) is 0 Å². The topological polar surface area (TPSA) is 23.8 Å². The number of hydrogen-bond donors (Lipinski definition) is 0. The van der Waals surface area contributed by atoms with Crippen molar-refractivity contribution in [1.82, 2.24) is 0 Å². The predicted octanol–water partition coefficient (Wildman–Crippen LogP) is -1.88. The summed E-state index contributed by atoms with van der Waals surface area (Å²) in [6.07, 6.45) is 0. The maximum absolute atomic E-state index is 5.75. The Hall–Kier alpha value is 0.513. The Labute approximate surface area is 132 Å². The summed E-state index contributed by atoms with van der Waals surface area (Å²) in [7, 11) is 1.25. The maximum atomic E-state index is 5.75. The van der Waals surface area contributed by atoms with Gasteiger partial charge in [-0.25, -0.2) is 0 Å². The van der Waals surface area contributed by atoms with Gasteiger partial charge in [0.1, 0.15) is 0 Å². The molecular weight excluding hydrogens is 320 g/mol. The van der Waals surface area contributed by atoms with Crippen molar-refractivity contribution in [1.29, 1.82) is 0 Å². The van der Waals surface area contributed by atoms with Crippen molar-refractivity contribution in [2.75, 3.05) is 7.05 Å². The Morgan fingerprint density at radius 2 is 1.38 bits per heavy atom. The molecule has 0 amide bonds. The molecule has 0 saturated carbocycles. The first-order valence-electron chi connectivity index (χ1n) is 4.33. The van der Waals surface area contributed by atoms with Gasteiger partial charge in [0, 0.05) is 0 Å². The van der Waals surface area contributed by atoms with E-state index in [1.807, 2.05) is 0 Å². The smallest absolute Gasteiger partial charge is 1.00 e. The molecule has 1 aromatic carbocycles. The fourth-order valence-electron chi connectivity index (χ4n) is 1.13. The van der Waals surface area contributed by atoms with E-state index in [1.54, 1.807) is 0 Å². The van der Waals surface area contributed by atoms with E-state index in [1.165, 1.54) is 29.3 Å². The monoisotopic (exact) mass is 339 g/mol. The van der Waals surface area contributed by atoms with Crippen molar-refractivity contribution in [3.8, 4) is 0 Å². The van der Waals surface area contributed by atoms with Gasteiger partial charge in [-0.15, -0.1) is 13.2 Å². The van der Waals surface area contributed by atoms with E-state index in [9.17, 15) is 0 Å². The van der Waals surface area contributed by atoms with Gasteiger partial charge in [-0.1, -0.05) is 27.7 Å². The Morgan fingerprint density at radius 3 is 1.44 bits per heavy atom. The molecule has 92 valence electrons. The van der Waals surface area contributed by atoms with Crippen LogP contribution in [0.4, 0.5) is 0 Å². The van der Waals surface area contributed by atoms with Crippen molar-refractivity contribution in [3.05, 3.63) is 47.2 Å². The molecule has 0 radical (unpaired) electrons. The second-order valence-electron chi connectivity index (χ2n) is 2.76. The zero-order valence-corrected chi connectivity index (χ0v) is 14.7. The van der Waals surface area contributed by atoms with Gasteiger partial charge in [0.05, 0.1) is 0 Å². The third-order valence-electron chi connectivity index (χ3n) is 2.18. The molecule has 1 rings (SSSR count). The van der Waals surface area contributed by atoms with Crippen LogP contribution < -0.4 is 24.8 Å². The minimum atomic E-state index is 0. The van der Waals surface area contributed by atoms with Gasteiger partial charge in [-0.2, -0.15) is 35.4 Å². The summed E-state index contributed by atoms with van der Waals surface area (Å²) in [6, 6.07) is 2.24. The maximum Gasteiger partial charge on any atom is 4.00 e. The van der Waals surface area contributed by atoms with Crippen LogP contribution in [0, 0.1) is 27.7 Å². The first-order chi connectivity index (χ1) is 6.13. The standard InChI is InChI=1S/C9H13.C2H4.CH4N.2ClH.Zr/c1-6-5-7(2)9(4)8(6)3;2*1-2;;;/h5H,1-4H3;1-2H2;2H,1H3;2*1H;/q-1;;-1;;;+4/p-2. The molecule has 4 heteroatoms. The Morgan fingerprint density at radius 1 is 1.06 bits per heavy atom. The van der Waals surface area contributed by atoms with E-state index < -0.39 is 0 Å². The van der Waals surface area contributed by atoms with Crippen LogP contribution in [-0.4, -0.2) is 7.05 Å². The summed E-state index contributed by atoms with van der Waals surface area (Å²) in [4.78, 5) is 0. The van der Waals surface area contributed by atoms with Crippen molar-refractivity contribution >= 4 is 0 Å². The van der Waals surface area contributed by atoms with E-state index >= 15 is 0 Å². The minimum Gasteiger partial charge on any atom is -1.00 e. The minimum absolute atomic E-state index is 0. The third-order valence-corrected chi connectivity index (χ3v) is 2.18. The largest absolute Gasteiger partial charge is 4.00 e. The fourth-order valence-corrected chi connectivity index (χ4v) is 1.13. The summed E-state index contributed by atoms with van der Waals surface area (Å²) in [5.41, 5.74) is 11.5. The van der Waals surface area contributed by atoms with Crippen LogP contribution in [0.3, 0.4) is 0 Å². The third kappa shape index (κ3) is 9.72. The van der Waals surface area contributed by atoms with Gasteiger partial charge in [-0.3, -0.25) is 0 Å². The van der Waals surface area contributed by atoms with E-state index in [-0.39, 0.29) is 51.0 Å². The van der Waals surface area contributed by atoms with Crippen LogP contribution in [0.2, 0.25) is 0 Å². The summed E-state index contributed by atoms with van der Waals surface area (Å²) < 4.78 is 0. The number of halogens is 2. The van der Waals surface area contributed by atoms with Gasteiger partial charge in [-0.05, 0) is 0 Å². The van der Waals surface area contributed by atoms with Gasteiger partial charge in [0.25, 0.3) is 0 Å². The Balaban J connectivity index is -0.0000000524. The van der Waals surface area contributed by atoms with Crippen LogP contribution in [0.5, 0.6) is 0 Å². The van der Waals surface area contributed by atoms with E-state index in [4.69, 9.17) is 5.73 Å². The molecule has 1 N–H and O–H groups in total. The molecule has 0 fully saturated rings. The van der Waals surface area contributed by atoms with Crippen LogP contribution >= 0.6 is 0 Å². The van der Waals surface area contributed by atoms with Crippen LogP contribution in [0.1, 0.15) is 22.3 Å². The predicted molar refractivity (Wildman–Crippen MR) is 62.5 cm³/mol. The normalized spacial score (nSPS) is 6.38. The number of hydrogen-bond acceptors (Lipinski definition) is 0. The number of aryl methyl sites for hydroxylation is 2. The molecule has 0 saturated heterocycles. The second kappa shape index (κ2) is 17.9. The van der Waals surface area contributed by atoms with E-state index in [0.29, 0.717) is 0 Å². The van der Waals surface area contributed by atoms with E-state index in [2.05, 4.69) is 46.9 Å². The molecule has 0 aliphatic carbocycles. The van der Waals surface area contributed by atoms with Crippen molar-refractivity contribution in [3.63, 3.8) is 0 Å². The molecule has 0 aromatic heterocycles. The average molecular weight is 341 g/mol. The molecule has 0 bridgehead atoms. The van der Waals surface area contributed by atoms with Crippen LogP contribution in [0.15, 0.2) is 19.2 Å². The van der Waals surface area contributed by atoms with Gasteiger partial charge >= 0.3 is 26.2 Å². The van der Waals surface area contributed by atoms with Crippen molar-refractivity contribution in [2.45, 2.75) is 27.7 Å². The molecule has 1 nitrogen and oxygen atoms in total. The SMILES string of the molecule is C=C.C[NH-].Cc1c[c-](C)c(C)c1C.[Cl-].[Cl-].[Zr+4].